The van der Waals surface area contributed by atoms with E-state index in [0.717, 1.165) is 23.1 Å². The summed E-state index contributed by atoms with van der Waals surface area (Å²) in [5, 5.41) is 33.1. The Morgan fingerprint density at radius 3 is 2.92 bits per heavy atom. The van der Waals surface area contributed by atoms with Crippen LogP contribution in [0.2, 0.25) is 0 Å². The summed E-state index contributed by atoms with van der Waals surface area (Å²) in [6, 6.07) is 10.1. The van der Waals surface area contributed by atoms with Crippen molar-refractivity contribution in [3.63, 3.8) is 0 Å². The predicted octanol–water partition coefficient (Wildman–Crippen LogP) is 3.98. The molecule has 0 radical (unpaired) electrons. The number of fused-ring (bicyclic) bond motifs is 1. The van der Waals surface area contributed by atoms with E-state index in [0.29, 0.717) is 16.2 Å². The molecule has 1 saturated carbocycles. The predicted molar refractivity (Wildman–Crippen MR) is 101 cm³/mol. The third kappa shape index (κ3) is 3.30. The van der Waals surface area contributed by atoms with Gasteiger partial charge in [-0.3, -0.25) is 0 Å². The summed E-state index contributed by atoms with van der Waals surface area (Å²) >= 11 is 2.74. The molecule has 132 valence electrons. The van der Waals surface area contributed by atoms with Gasteiger partial charge in [0.15, 0.2) is 0 Å². The number of nitriles is 1. The molecule has 1 aliphatic rings. The molecule has 3 aromatic rings. The second-order valence-corrected chi connectivity index (χ2v) is 8.03. The van der Waals surface area contributed by atoms with Gasteiger partial charge in [-0.15, -0.1) is 16.4 Å². The van der Waals surface area contributed by atoms with E-state index in [2.05, 4.69) is 26.6 Å². The van der Waals surface area contributed by atoms with Crippen LogP contribution >= 0.6 is 23.1 Å². The lowest BCUT2D eigenvalue weighted by Crippen LogP contribution is -2.08. The maximum atomic E-state index is 10.5. The van der Waals surface area contributed by atoms with Crippen molar-refractivity contribution in [3.05, 3.63) is 35.0 Å². The number of para-hydroxylation sites is 1. The number of nitrogens with zero attached hydrogens (tertiary/aromatic N) is 6. The summed E-state index contributed by atoms with van der Waals surface area (Å²) < 4.78 is 2.83. The fourth-order valence-electron chi connectivity index (χ4n) is 3.08. The Kier molecular flexibility index (Phi) is 4.86. The number of benzene rings is 1. The monoisotopic (exact) mass is 384 g/mol. The van der Waals surface area contributed by atoms with Crippen molar-refractivity contribution in [2.24, 2.45) is 0 Å². The van der Waals surface area contributed by atoms with E-state index in [9.17, 15) is 10.4 Å². The normalized spacial score (nSPS) is 16.0. The van der Waals surface area contributed by atoms with E-state index in [4.69, 9.17) is 0 Å². The summed E-state index contributed by atoms with van der Waals surface area (Å²) in [4.78, 5) is 4.45. The number of aliphatic hydroxyl groups is 1. The van der Waals surface area contributed by atoms with Gasteiger partial charge in [0.25, 0.3) is 0 Å². The Labute approximate surface area is 158 Å². The van der Waals surface area contributed by atoms with Gasteiger partial charge in [0.1, 0.15) is 22.4 Å². The van der Waals surface area contributed by atoms with Gasteiger partial charge in [0, 0.05) is 0 Å². The molecular weight excluding hydrogens is 368 g/mol. The Bertz CT molecular complexity index is 963. The van der Waals surface area contributed by atoms with Crippen molar-refractivity contribution < 1.29 is 5.11 Å². The molecule has 4 rings (SSSR count). The van der Waals surface area contributed by atoms with E-state index in [1.807, 2.05) is 28.9 Å². The van der Waals surface area contributed by atoms with Crippen LogP contribution in [0.15, 0.2) is 35.2 Å². The van der Waals surface area contributed by atoms with Crippen LogP contribution < -0.4 is 0 Å². The Balaban J connectivity index is 1.55. The fraction of sp³-hybridized carbons (Fsp3) is 0.353. The Hall–Kier alpha value is -2.44. The van der Waals surface area contributed by atoms with Gasteiger partial charge in [0.05, 0.1) is 22.0 Å². The number of hydrogen-bond donors (Lipinski definition) is 1. The first-order valence-electron chi connectivity index (χ1n) is 8.35. The molecule has 1 aromatic carbocycles. The molecule has 9 heteroatoms. The molecule has 0 amide bonds. The van der Waals surface area contributed by atoms with E-state index >= 15 is 0 Å². The number of rotatable bonds is 5. The number of aromatic nitrogens is 5. The summed E-state index contributed by atoms with van der Waals surface area (Å²) in [6.45, 7) is 0. The van der Waals surface area contributed by atoms with Crippen LogP contribution in [0.5, 0.6) is 0 Å². The number of thioether (sulfide) groups is 1. The van der Waals surface area contributed by atoms with Crippen LogP contribution in [0.4, 0.5) is 0 Å². The van der Waals surface area contributed by atoms with Gasteiger partial charge < -0.3 is 5.11 Å². The Morgan fingerprint density at radius 1 is 1.35 bits per heavy atom. The molecule has 1 N–H and O–H groups in total. The van der Waals surface area contributed by atoms with Crippen LogP contribution in [-0.4, -0.2) is 36.1 Å². The summed E-state index contributed by atoms with van der Waals surface area (Å²) in [6.07, 6.45) is 4.54. The molecule has 0 spiro atoms. The molecule has 0 aliphatic heterocycles. The van der Waals surface area contributed by atoms with Gasteiger partial charge in [-0.25, -0.2) is 9.67 Å². The minimum Gasteiger partial charge on any atom is -0.510 e. The zero-order valence-electron chi connectivity index (χ0n) is 13.9. The molecule has 7 nitrogen and oxygen atoms in total. The highest BCUT2D eigenvalue weighted by molar-refractivity contribution is 7.99. The average Bonchev–Trinajstić information content (AvgIpc) is 3.39. The highest BCUT2D eigenvalue weighted by atomic mass is 32.2. The number of allylic oxidation sites excluding steroid dienone is 1. The molecule has 1 aliphatic carbocycles. The van der Waals surface area contributed by atoms with Crippen LogP contribution in [0, 0.1) is 11.3 Å². The Morgan fingerprint density at radius 2 is 2.15 bits per heavy atom. The molecule has 0 atom stereocenters. The van der Waals surface area contributed by atoms with Crippen molar-refractivity contribution in [1.29, 1.82) is 5.26 Å². The maximum absolute atomic E-state index is 10.5. The second-order valence-electron chi connectivity index (χ2n) is 6.05. The third-order valence-corrected chi connectivity index (χ3v) is 6.38. The first-order valence-corrected chi connectivity index (χ1v) is 10.2. The van der Waals surface area contributed by atoms with Gasteiger partial charge in [-0.2, -0.15) is 5.26 Å². The van der Waals surface area contributed by atoms with Crippen molar-refractivity contribution in [2.75, 3.05) is 5.75 Å². The first kappa shape index (κ1) is 17.0. The van der Waals surface area contributed by atoms with Crippen LogP contribution in [0.1, 0.15) is 36.7 Å². The van der Waals surface area contributed by atoms with Crippen LogP contribution in [0.3, 0.4) is 0 Å². The molecule has 0 unspecified atom stereocenters. The molecule has 0 bridgehead atoms. The number of thiazole rings is 1. The van der Waals surface area contributed by atoms with Crippen molar-refractivity contribution in [1.82, 2.24) is 25.2 Å². The van der Waals surface area contributed by atoms with Crippen molar-refractivity contribution in [2.45, 2.75) is 36.9 Å². The van der Waals surface area contributed by atoms with Gasteiger partial charge in [-0.1, -0.05) is 36.7 Å². The van der Waals surface area contributed by atoms with E-state index in [1.54, 1.807) is 0 Å². The lowest BCUT2D eigenvalue weighted by atomic mass is 10.2. The van der Waals surface area contributed by atoms with Crippen molar-refractivity contribution >= 4 is 38.9 Å². The van der Waals surface area contributed by atoms with Crippen LogP contribution in [0.25, 0.3) is 15.8 Å². The smallest absolute Gasteiger partial charge is 0.210 e. The standard InChI is InChI=1S/C17H16N6OS2/c18-9-12(16-19-13-7-3-4-8-15(13)26-16)14(24)10-25-17-20-21-22-23(17)11-5-1-2-6-11/h3-4,7-8,11,24H,1-2,5-6,10H2. The fourth-order valence-corrected chi connectivity index (χ4v) is 4.88. The quantitative estimate of drug-likeness (QED) is 0.403. The summed E-state index contributed by atoms with van der Waals surface area (Å²) in [5.41, 5.74) is 1.03. The van der Waals surface area contributed by atoms with Gasteiger partial charge in [0.2, 0.25) is 5.16 Å². The third-order valence-electron chi connectivity index (χ3n) is 4.38. The lowest BCUT2D eigenvalue weighted by Gasteiger charge is -2.10. The van der Waals surface area contributed by atoms with E-state index < -0.39 is 0 Å². The number of hydrogen-bond acceptors (Lipinski definition) is 8. The number of tetrazole rings is 1. The highest BCUT2D eigenvalue weighted by Gasteiger charge is 2.22. The first-order chi connectivity index (χ1) is 12.8. The molecule has 2 aromatic heterocycles. The zero-order chi connectivity index (χ0) is 17.9. The summed E-state index contributed by atoms with van der Waals surface area (Å²) in [7, 11) is 0. The van der Waals surface area contributed by atoms with Gasteiger partial charge in [-0.05, 0) is 35.4 Å². The molecule has 2 heterocycles. The van der Waals surface area contributed by atoms with Crippen molar-refractivity contribution in [3.8, 4) is 6.07 Å². The molecule has 1 fully saturated rings. The largest absolute Gasteiger partial charge is 0.510 e. The molecule has 26 heavy (non-hydrogen) atoms. The van der Waals surface area contributed by atoms with Crippen LogP contribution in [-0.2, 0) is 0 Å². The average molecular weight is 384 g/mol. The molecule has 0 saturated heterocycles. The molecular formula is C17H16N6OS2. The SMILES string of the molecule is N#CC(=C(O)CSc1nnnn1C1CCCC1)c1nc2ccccc2s1. The topological polar surface area (TPSA) is 101 Å². The second kappa shape index (κ2) is 7.43. The summed E-state index contributed by atoms with van der Waals surface area (Å²) in [5.74, 6) is 0.226. The van der Waals surface area contributed by atoms with Gasteiger partial charge >= 0.3 is 0 Å². The minimum absolute atomic E-state index is 0.00229. The van der Waals surface area contributed by atoms with E-state index in [1.165, 1.54) is 35.9 Å². The van der Waals surface area contributed by atoms with E-state index in [-0.39, 0.29) is 17.1 Å². The lowest BCUT2D eigenvalue weighted by molar-refractivity contribution is 0.416. The zero-order valence-corrected chi connectivity index (χ0v) is 15.5. The number of aliphatic hydroxyl groups excluding tert-OH is 1. The minimum atomic E-state index is -0.00229. The highest BCUT2D eigenvalue weighted by Crippen LogP contribution is 2.33. The maximum Gasteiger partial charge on any atom is 0.210 e.